The highest BCUT2D eigenvalue weighted by molar-refractivity contribution is 5.82. The number of hydrogen-bond donors (Lipinski definition) is 1. The summed E-state index contributed by atoms with van der Waals surface area (Å²) in [5, 5.41) is 0. The Morgan fingerprint density at radius 1 is 1.44 bits per heavy atom. The molecular weight excluding hydrogens is 226 g/mol. The van der Waals surface area contributed by atoms with Crippen molar-refractivity contribution in [3.8, 4) is 0 Å². The molecule has 4 nitrogen and oxygen atoms in total. The first kappa shape index (κ1) is 15.4. The lowest BCUT2D eigenvalue weighted by Crippen LogP contribution is -2.56. The molecule has 1 heterocycles. The maximum absolute atomic E-state index is 12.3. The Morgan fingerprint density at radius 2 is 2.06 bits per heavy atom. The Morgan fingerprint density at radius 3 is 2.56 bits per heavy atom. The van der Waals surface area contributed by atoms with Crippen LogP contribution in [0, 0.1) is 5.92 Å². The third-order valence-corrected chi connectivity index (χ3v) is 4.04. The Balaban J connectivity index is 2.92. The van der Waals surface area contributed by atoms with Crippen LogP contribution < -0.4 is 5.73 Å². The van der Waals surface area contributed by atoms with Crippen molar-refractivity contribution in [3.63, 3.8) is 0 Å². The Labute approximate surface area is 111 Å². The molecule has 0 aromatic rings. The first-order valence-electron chi connectivity index (χ1n) is 7.01. The number of amides is 1. The van der Waals surface area contributed by atoms with Crippen molar-refractivity contribution < 1.29 is 4.79 Å². The fourth-order valence-electron chi connectivity index (χ4n) is 2.59. The van der Waals surface area contributed by atoms with E-state index in [9.17, 15) is 4.79 Å². The fourth-order valence-corrected chi connectivity index (χ4v) is 2.59. The van der Waals surface area contributed by atoms with E-state index >= 15 is 0 Å². The smallest absolute Gasteiger partial charge is 0.240 e. The van der Waals surface area contributed by atoms with Crippen molar-refractivity contribution >= 4 is 5.91 Å². The quantitative estimate of drug-likeness (QED) is 0.824. The van der Waals surface area contributed by atoms with Crippen LogP contribution in [0.2, 0.25) is 0 Å². The molecule has 0 saturated carbocycles. The summed E-state index contributed by atoms with van der Waals surface area (Å²) in [6.45, 7) is 11.1. The number of rotatable bonds is 4. The minimum Gasteiger partial charge on any atom is -0.344 e. The molecule has 0 aromatic heterocycles. The average molecular weight is 255 g/mol. The largest absolute Gasteiger partial charge is 0.344 e. The van der Waals surface area contributed by atoms with Gasteiger partial charge in [-0.25, -0.2) is 0 Å². The number of nitrogens with zero attached hydrogens (tertiary/aromatic N) is 2. The summed E-state index contributed by atoms with van der Waals surface area (Å²) in [4.78, 5) is 16.5. The molecule has 2 N–H and O–H groups in total. The van der Waals surface area contributed by atoms with Crippen LogP contribution >= 0.6 is 0 Å². The number of carbonyl (C=O) groups is 1. The van der Waals surface area contributed by atoms with Gasteiger partial charge in [0.05, 0.1) is 0 Å². The predicted octanol–water partition coefficient (Wildman–Crippen LogP) is 1.30. The van der Waals surface area contributed by atoms with Gasteiger partial charge in [0, 0.05) is 25.7 Å². The van der Waals surface area contributed by atoms with Crippen molar-refractivity contribution in [1.29, 1.82) is 0 Å². The number of hydrogen-bond acceptors (Lipinski definition) is 3. The molecule has 1 amide bonds. The van der Waals surface area contributed by atoms with E-state index in [1.165, 1.54) is 0 Å². The zero-order valence-electron chi connectivity index (χ0n) is 12.6. The topological polar surface area (TPSA) is 49.6 Å². The summed E-state index contributed by atoms with van der Waals surface area (Å²) in [5.74, 6) is 0.821. The molecule has 0 bridgehead atoms. The molecule has 1 atom stereocenters. The van der Waals surface area contributed by atoms with Crippen molar-refractivity contribution in [2.45, 2.75) is 52.1 Å². The van der Waals surface area contributed by atoms with Gasteiger partial charge in [0.15, 0.2) is 0 Å². The third kappa shape index (κ3) is 3.45. The van der Waals surface area contributed by atoms with Gasteiger partial charge in [-0.1, -0.05) is 13.8 Å². The number of likely N-dealkylation sites (N-methyl/N-ethyl adjacent to an activating group) is 1. The van der Waals surface area contributed by atoms with Gasteiger partial charge in [-0.05, 0) is 39.2 Å². The van der Waals surface area contributed by atoms with Crippen molar-refractivity contribution in [3.05, 3.63) is 0 Å². The van der Waals surface area contributed by atoms with Crippen LogP contribution in [0.4, 0.5) is 0 Å². The highest BCUT2D eigenvalue weighted by atomic mass is 16.2. The molecule has 18 heavy (non-hydrogen) atoms. The second-order valence-electron chi connectivity index (χ2n) is 6.45. The molecule has 1 fully saturated rings. The highest BCUT2D eigenvalue weighted by Gasteiger charge is 2.39. The second kappa shape index (κ2) is 6.02. The number of carbonyl (C=O) groups excluding carboxylic acids is 1. The van der Waals surface area contributed by atoms with Crippen LogP contribution in [0.5, 0.6) is 0 Å². The lowest BCUT2D eigenvalue weighted by molar-refractivity contribution is -0.135. The monoisotopic (exact) mass is 255 g/mol. The van der Waals surface area contributed by atoms with Gasteiger partial charge in [-0.2, -0.15) is 0 Å². The molecule has 1 unspecified atom stereocenters. The van der Waals surface area contributed by atoms with Gasteiger partial charge in [0.2, 0.25) is 5.91 Å². The molecule has 0 aromatic carbocycles. The Hall–Kier alpha value is -0.610. The summed E-state index contributed by atoms with van der Waals surface area (Å²) in [6, 6.07) is -0.161. The summed E-state index contributed by atoms with van der Waals surface area (Å²) >= 11 is 0. The maximum atomic E-state index is 12.3. The van der Waals surface area contributed by atoms with E-state index in [4.69, 9.17) is 5.73 Å². The zero-order chi connectivity index (χ0) is 13.9. The average Bonchev–Trinajstić information content (AvgIpc) is 2.36. The van der Waals surface area contributed by atoms with E-state index in [1.54, 1.807) is 0 Å². The minimum atomic E-state index is -0.161. The maximum Gasteiger partial charge on any atom is 0.240 e. The molecule has 0 radical (unpaired) electrons. The summed E-state index contributed by atoms with van der Waals surface area (Å²) < 4.78 is 0. The van der Waals surface area contributed by atoms with Crippen LogP contribution in [0.25, 0.3) is 0 Å². The zero-order valence-corrected chi connectivity index (χ0v) is 12.6. The SMILES string of the molecule is CC(C)CCN1C(CN)C(=O)N(C)CCC1(C)C. The van der Waals surface area contributed by atoms with Gasteiger partial charge in [0.1, 0.15) is 6.04 Å². The highest BCUT2D eigenvalue weighted by Crippen LogP contribution is 2.26. The first-order valence-corrected chi connectivity index (χ1v) is 7.01. The first-order chi connectivity index (χ1) is 8.29. The molecule has 0 spiro atoms. The predicted molar refractivity (Wildman–Crippen MR) is 75.3 cm³/mol. The molecule has 0 aliphatic carbocycles. The lowest BCUT2D eigenvalue weighted by Gasteiger charge is -2.41. The van der Waals surface area contributed by atoms with E-state index in [-0.39, 0.29) is 17.5 Å². The molecular formula is C14H29N3O. The Kier molecular flexibility index (Phi) is 5.17. The minimum absolute atomic E-state index is 0.0410. The molecule has 106 valence electrons. The van der Waals surface area contributed by atoms with Crippen LogP contribution in [0.3, 0.4) is 0 Å². The van der Waals surface area contributed by atoms with Crippen LogP contribution in [-0.4, -0.2) is 54.0 Å². The van der Waals surface area contributed by atoms with Gasteiger partial charge in [-0.15, -0.1) is 0 Å². The summed E-state index contributed by atoms with van der Waals surface area (Å²) in [7, 11) is 1.88. The lowest BCUT2D eigenvalue weighted by atomic mass is 9.95. The molecule has 1 aliphatic heterocycles. The van der Waals surface area contributed by atoms with E-state index in [0.717, 1.165) is 25.9 Å². The molecule has 4 heteroatoms. The Bertz CT molecular complexity index is 289. The number of nitrogens with two attached hydrogens (primary N) is 1. The normalized spacial score (nSPS) is 25.6. The van der Waals surface area contributed by atoms with E-state index in [2.05, 4.69) is 32.6 Å². The third-order valence-electron chi connectivity index (χ3n) is 4.04. The standard InChI is InChI=1S/C14H29N3O/c1-11(2)6-8-17-12(10-15)13(18)16(5)9-7-14(17,3)4/h11-12H,6-10,15H2,1-5H3. The summed E-state index contributed by atoms with van der Waals surface area (Å²) in [6.07, 6.45) is 2.11. The van der Waals surface area contributed by atoms with Gasteiger partial charge < -0.3 is 10.6 Å². The van der Waals surface area contributed by atoms with Crippen LogP contribution in [-0.2, 0) is 4.79 Å². The molecule has 1 aliphatic rings. The van der Waals surface area contributed by atoms with Gasteiger partial charge in [-0.3, -0.25) is 9.69 Å². The van der Waals surface area contributed by atoms with Gasteiger partial charge >= 0.3 is 0 Å². The fraction of sp³-hybridized carbons (Fsp3) is 0.929. The van der Waals surface area contributed by atoms with Crippen molar-refractivity contribution in [1.82, 2.24) is 9.80 Å². The summed E-state index contributed by atoms with van der Waals surface area (Å²) in [5.41, 5.74) is 5.90. The van der Waals surface area contributed by atoms with Crippen LogP contribution in [0.1, 0.15) is 40.5 Å². The van der Waals surface area contributed by atoms with Crippen molar-refractivity contribution in [2.24, 2.45) is 11.7 Å². The second-order valence-corrected chi connectivity index (χ2v) is 6.45. The molecule has 1 rings (SSSR count). The van der Waals surface area contributed by atoms with E-state index in [0.29, 0.717) is 12.5 Å². The van der Waals surface area contributed by atoms with E-state index < -0.39 is 0 Å². The van der Waals surface area contributed by atoms with Crippen molar-refractivity contribution in [2.75, 3.05) is 26.7 Å². The van der Waals surface area contributed by atoms with Gasteiger partial charge in [0.25, 0.3) is 0 Å². The van der Waals surface area contributed by atoms with Crippen LogP contribution in [0.15, 0.2) is 0 Å². The van der Waals surface area contributed by atoms with E-state index in [1.807, 2.05) is 11.9 Å². The molecule has 1 saturated heterocycles.